The number of carbonyl (C=O) groups is 2. The van der Waals surface area contributed by atoms with Gasteiger partial charge in [0.2, 0.25) is 0 Å². The predicted octanol–water partition coefficient (Wildman–Crippen LogP) is 2.97. The molecule has 0 atom stereocenters. The van der Waals surface area contributed by atoms with Crippen LogP contribution < -0.4 is 10.1 Å². The molecule has 0 aliphatic carbocycles. The second-order valence-electron chi connectivity index (χ2n) is 5.71. The van der Waals surface area contributed by atoms with Crippen LogP contribution in [0.5, 0.6) is 5.75 Å². The Balaban J connectivity index is 1.94. The summed E-state index contributed by atoms with van der Waals surface area (Å²) in [6.07, 6.45) is -1.74. The third kappa shape index (κ3) is 4.81. The molecule has 6 nitrogen and oxygen atoms in total. The molecule has 1 aromatic carbocycles. The fourth-order valence-electron chi connectivity index (χ4n) is 2.52. The van der Waals surface area contributed by atoms with Crippen LogP contribution in [0.1, 0.15) is 18.4 Å². The van der Waals surface area contributed by atoms with E-state index in [1.807, 2.05) is 0 Å². The fraction of sp³-hybridized carbons (Fsp3) is 0.500. The number of ether oxygens (including phenoxy) is 1. The number of anilines is 1. The molecule has 132 valence electrons. The average Bonchev–Trinajstić information content (AvgIpc) is 2.55. The van der Waals surface area contributed by atoms with Gasteiger partial charge in [-0.2, -0.15) is 0 Å². The monoisotopic (exact) mass is 342 g/mol. The van der Waals surface area contributed by atoms with Crippen LogP contribution in [-0.2, 0) is 4.79 Å². The maximum atomic E-state index is 12.3. The minimum atomic E-state index is -2.57. The Labute approximate surface area is 138 Å². The molecule has 0 spiro atoms. The van der Waals surface area contributed by atoms with Crippen molar-refractivity contribution in [2.45, 2.75) is 26.2 Å². The molecule has 1 heterocycles. The Bertz CT molecular complexity index is 602. The number of rotatable bonds is 5. The SMILES string of the molecule is Cc1ccc(NC(=O)N2CCC(C(=O)O)CC2)cc1OCC(F)F. The highest BCUT2D eigenvalue weighted by atomic mass is 19.3. The van der Waals surface area contributed by atoms with Crippen molar-refractivity contribution in [3.63, 3.8) is 0 Å². The van der Waals surface area contributed by atoms with Crippen molar-refractivity contribution in [3.8, 4) is 5.75 Å². The molecule has 0 unspecified atom stereocenters. The zero-order chi connectivity index (χ0) is 17.7. The van der Waals surface area contributed by atoms with Crippen molar-refractivity contribution >= 4 is 17.7 Å². The van der Waals surface area contributed by atoms with E-state index in [0.29, 0.717) is 37.2 Å². The number of nitrogens with one attached hydrogen (secondary N) is 1. The molecular formula is C16H20F2N2O4. The lowest BCUT2D eigenvalue weighted by molar-refractivity contribution is -0.143. The number of hydrogen-bond donors (Lipinski definition) is 2. The van der Waals surface area contributed by atoms with Crippen molar-refractivity contribution < 1.29 is 28.2 Å². The van der Waals surface area contributed by atoms with Crippen molar-refractivity contribution in [2.75, 3.05) is 25.0 Å². The summed E-state index contributed by atoms with van der Waals surface area (Å²) in [5.41, 5.74) is 1.13. The molecule has 0 aromatic heterocycles. The van der Waals surface area contributed by atoms with Gasteiger partial charge in [0.1, 0.15) is 12.4 Å². The second kappa shape index (κ2) is 7.94. The molecule has 24 heavy (non-hydrogen) atoms. The standard InChI is InChI=1S/C16H20F2N2O4/c1-10-2-3-12(8-13(10)24-9-14(17)18)19-16(23)20-6-4-11(5-7-20)15(21)22/h2-3,8,11,14H,4-7,9H2,1H3,(H,19,23)(H,21,22). The number of urea groups is 1. The maximum Gasteiger partial charge on any atom is 0.321 e. The lowest BCUT2D eigenvalue weighted by Gasteiger charge is -2.30. The van der Waals surface area contributed by atoms with Crippen LogP contribution in [0, 0.1) is 12.8 Å². The molecule has 2 amide bonds. The maximum absolute atomic E-state index is 12.3. The second-order valence-corrected chi connectivity index (χ2v) is 5.71. The van der Waals surface area contributed by atoms with E-state index in [1.165, 1.54) is 6.07 Å². The smallest absolute Gasteiger partial charge is 0.321 e. The van der Waals surface area contributed by atoms with Crippen molar-refractivity contribution in [2.24, 2.45) is 5.92 Å². The Hall–Kier alpha value is -2.38. The molecule has 2 N–H and O–H groups in total. The first-order chi connectivity index (χ1) is 11.4. The molecule has 8 heteroatoms. The average molecular weight is 342 g/mol. The third-order valence-corrected chi connectivity index (χ3v) is 3.94. The summed E-state index contributed by atoms with van der Waals surface area (Å²) in [5, 5.41) is 11.6. The summed E-state index contributed by atoms with van der Waals surface area (Å²) in [7, 11) is 0. The highest BCUT2D eigenvalue weighted by Gasteiger charge is 2.27. The molecule has 0 bridgehead atoms. The molecule has 1 aliphatic rings. The van der Waals surface area contributed by atoms with Gasteiger partial charge in [-0.05, 0) is 31.4 Å². The van der Waals surface area contributed by atoms with Gasteiger partial charge in [0.05, 0.1) is 5.92 Å². The van der Waals surface area contributed by atoms with Crippen LogP contribution in [0.25, 0.3) is 0 Å². The number of carbonyl (C=O) groups excluding carboxylic acids is 1. The lowest BCUT2D eigenvalue weighted by atomic mass is 9.97. The number of alkyl halides is 2. The van der Waals surface area contributed by atoms with E-state index < -0.39 is 24.9 Å². The lowest BCUT2D eigenvalue weighted by Crippen LogP contribution is -2.42. The molecule has 1 aromatic rings. The zero-order valence-corrected chi connectivity index (χ0v) is 13.3. The Morgan fingerprint density at radius 2 is 2.04 bits per heavy atom. The predicted molar refractivity (Wildman–Crippen MR) is 83.6 cm³/mol. The normalized spacial score (nSPS) is 15.4. The van der Waals surface area contributed by atoms with E-state index in [2.05, 4.69) is 5.32 Å². The number of aryl methyl sites for hydroxylation is 1. The van der Waals surface area contributed by atoms with Crippen LogP contribution in [0.2, 0.25) is 0 Å². The number of nitrogens with zero attached hydrogens (tertiary/aromatic N) is 1. The molecule has 2 rings (SSSR count). The third-order valence-electron chi connectivity index (χ3n) is 3.94. The number of halogens is 2. The number of carboxylic acids is 1. The van der Waals surface area contributed by atoms with Crippen LogP contribution >= 0.6 is 0 Å². The zero-order valence-electron chi connectivity index (χ0n) is 13.3. The number of aliphatic carboxylic acids is 1. The Kier molecular flexibility index (Phi) is 5.94. The van der Waals surface area contributed by atoms with E-state index in [9.17, 15) is 18.4 Å². The molecular weight excluding hydrogens is 322 g/mol. The Morgan fingerprint density at radius 1 is 1.38 bits per heavy atom. The van der Waals surface area contributed by atoms with Gasteiger partial charge in [-0.25, -0.2) is 13.6 Å². The first kappa shape index (κ1) is 18.0. The summed E-state index contributed by atoms with van der Waals surface area (Å²) in [4.78, 5) is 24.7. The summed E-state index contributed by atoms with van der Waals surface area (Å²) in [5.74, 6) is -0.963. The van der Waals surface area contributed by atoms with Crippen LogP contribution in [-0.4, -0.2) is 48.1 Å². The van der Waals surface area contributed by atoms with E-state index in [0.717, 1.165) is 0 Å². The highest BCUT2D eigenvalue weighted by molar-refractivity contribution is 5.89. The van der Waals surface area contributed by atoms with Crippen molar-refractivity contribution in [3.05, 3.63) is 23.8 Å². The summed E-state index contributed by atoms with van der Waals surface area (Å²) in [6, 6.07) is 4.49. The summed E-state index contributed by atoms with van der Waals surface area (Å²) >= 11 is 0. The van der Waals surface area contributed by atoms with Gasteiger partial charge in [0.25, 0.3) is 6.43 Å². The first-order valence-corrected chi connectivity index (χ1v) is 7.67. The Morgan fingerprint density at radius 3 is 2.62 bits per heavy atom. The van der Waals surface area contributed by atoms with E-state index >= 15 is 0 Å². The number of likely N-dealkylation sites (tertiary alicyclic amines) is 1. The number of carboxylic acid groups (broad SMARTS) is 1. The summed E-state index contributed by atoms with van der Waals surface area (Å²) < 4.78 is 29.5. The number of amides is 2. The highest BCUT2D eigenvalue weighted by Crippen LogP contribution is 2.24. The molecule has 1 fully saturated rings. The van der Waals surface area contributed by atoms with Crippen LogP contribution in [0.4, 0.5) is 19.3 Å². The molecule has 0 saturated carbocycles. The van der Waals surface area contributed by atoms with Crippen LogP contribution in [0.15, 0.2) is 18.2 Å². The van der Waals surface area contributed by atoms with E-state index in [1.54, 1.807) is 24.0 Å². The minimum Gasteiger partial charge on any atom is -0.487 e. The minimum absolute atomic E-state index is 0.290. The van der Waals surface area contributed by atoms with Crippen molar-refractivity contribution in [1.29, 1.82) is 0 Å². The van der Waals surface area contributed by atoms with Gasteiger partial charge >= 0.3 is 12.0 Å². The van der Waals surface area contributed by atoms with Crippen LogP contribution in [0.3, 0.4) is 0 Å². The topological polar surface area (TPSA) is 78.9 Å². The first-order valence-electron chi connectivity index (χ1n) is 7.67. The van der Waals surface area contributed by atoms with Crippen molar-refractivity contribution in [1.82, 2.24) is 4.90 Å². The van der Waals surface area contributed by atoms with E-state index in [4.69, 9.17) is 9.84 Å². The van der Waals surface area contributed by atoms with Gasteiger partial charge < -0.3 is 20.1 Å². The molecule has 1 saturated heterocycles. The van der Waals surface area contributed by atoms with Gasteiger partial charge in [-0.1, -0.05) is 6.07 Å². The largest absolute Gasteiger partial charge is 0.487 e. The van der Waals surface area contributed by atoms with Gasteiger partial charge in [0.15, 0.2) is 0 Å². The number of benzene rings is 1. The quantitative estimate of drug-likeness (QED) is 0.862. The molecule has 1 aliphatic heterocycles. The van der Waals surface area contributed by atoms with Gasteiger partial charge in [-0.3, -0.25) is 4.79 Å². The van der Waals surface area contributed by atoms with Gasteiger partial charge in [-0.15, -0.1) is 0 Å². The number of hydrogen-bond acceptors (Lipinski definition) is 3. The summed E-state index contributed by atoms with van der Waals surface area (Å²) in [6.45, 7) is 1.75. The van der Waals surface area contributed by atoms with E-state index in [-0.39, 0.29) is 11.8 Å². The fourth-order valence-corrected chi connectivity index (χ4v) is 2.52. The number of piperidine rings is 1. The van der Waals surface area contributed by atoms with Gasteiger partial charge in [0, 0.05) is 24.8 Å². The molecule has 0 radical (unpaired) electrons.